The summed E-state index contributed by atoms with van der Waals surface area (Å²) in [6.07, 6.45) is 4.39. The first kappa shape index (κ1) is 13.8. The molecule has 0 amide bonds. The predicted molar refractivity (Wildman–Crippen MR) is 84.4 cm³/mol. The number of morpholine rings is 1. The molecule has 1 unspecified atom stereocenters. The van der Waals surface area contributed by atoms with Crippen molar-refractivity contribution >= 4 is 23.0 Å². The molecule has 2 N–H and O–H groups in total. The van der Waals surface area contributed by atoms with Crippen LogP contribution in [-0.4, -0.2) is 35.8 Å². The maximum absolute atomic E-state index is 5.94. The lowest BCUT2D eigenvalue weighted by Crippen LogP contribution is -2.46. The molecule has 108 valence electrons. The number of hydrogen-bond acceptors (Lipinski definition) is 4. The summed E-state index contributed by atoms with van der Waals surface area (Å²) in [7, 11) is 0. The fourth-order valence-electron chi connectivity index (χ4n) is 3.13. The van der Waals surface area contributed by atoms with E-state index in [0.29, 0.717) is 11.0 Å². The van der Waals surface area contributed by atoms with Gasteiger partial charge < -0.3 is 15.4 Å². The minimum atomic E-state index is 0.365. The molecule has 1 aromatic heterocycles. The van der Waals surface area contributed by atoms with Crippen LogP contribution in [0.25, 0.3) is 0 Å². The quantitative estimate of drug-likeness (QED) is 0.861. The summed E-state index contributed by atoms with van der Waals surface area (Å²) in [5.74, 6) is 0.966. The van der Waals surface area contributed by atoms with Crippen molar-refractivity contribution in [3.05, 3.63) is 22.9 Å². The van der Waals surface area contributed by atoms with Crippen molar-refractivity contribution in [1.29, 1.82) is 0 Å². The van der Waals surface area contributed by atoms with Crippen LogP contribution in [0, 0.1) is 0 Å². The number of ether oxygens (including phenoxy) is 1. The monoisotopic (exact) mass is 291 g/mol. The van der Waals surface area contributed by atoms with E-state index in [1.54, 1.807) is 0 Å². The number of anilines is 1. The van der Waals surface area contributed by atoms with Crippen molar-refractivity contribution in [3.63, 3.8) is 0 Å². The van der Waals surface area contributed by atoms with Gasteiger partial charge in [-0.2, -0.15) is 0 Å². The third kappa shape index (κ3) is 2.40. The lowest BCUT2D eigenvalue weighted by Gasteiger charge is -2.37. The molecule has 2 heterocycles. The van der Waals surface area contributed by atoms with Gasteiger partial charge in [-0.05, 0) is 37.3 Å². The Hall–Kier alpha value is -1.20. The van der Waals surface area contributed by atoms with Crippen LogP contribution in [0.2, 0.25) is 0 Å². The van der Waals surface area contributed by atoms with E-state index in [1.165, 1.54) is 17.7 Å². The Morgan fingerprint density at radius 1 is 1.55 bits per heavy atom. The summed E-state index contributed by atoms with van der Waals surface area (Å²) in [4.78, 5) is 7.68. The zero-order valence-electron chi connectivity index (χ0n) is 11.9. The van der Waals surface area contributed by atoms with E-state index in [-0.39, 0.29) is 0 Å². The Kier molecular flexibility index (Phi) is 3.89. The molecule has 4 nitrogen and oxygen atoms in total. The number of nitrogens with two attached hydrogens (primary N) is 1. The first-order valence-corrected chi connectivity index (χ1v) is 7.78. The van der Waals surface area contributed by atoms with Gasteiger partial charge in [0.15, 0.2) is 0 Å². The van der Waals surface area contributed by atoms with E-state index in [0.717, 1.165) is 50.4 Å². The molecule has 3 rings (SSSR count). The van der Waals surface area contributed by atoms with E-state index in [9.17, 15) is 0 Å². The summed E-state index contributed by atoms with van der Waals surface area (Å²) in [5, 5.41) is 0. The molecule has 2 aliphatic rings. The summed E-state index contributed by atoms with van der Waals surface area (Å²) in [5.41, 5.74) is 9.41. The number of thiocarbonyl (C=S) groups is 1. The molecule has 0 aromatic carbocycles. The molecule has 1 aromatic rings. The average Bonchev–Trinajstić information content (AvgIpc) is 2.93. The maximum atomic E-state index is 5.94. The highest BCUT2D eigenvalue weighted by atomic mass is 32.1. The highest BCUT2D eigenvalue weighted by molar-refractivity contribution is 7.80. The minimum absolute atomic E-state index is 0.365. The number of rotatable bonds is 3. The van der Waals surface area contributed by atoms with Crippen LogP contribution in [0.3, 0.4) is 0 Å². The van der Waals surface area contributed by atoms with Gasteiger partial charge in [0.1, 0.15) is 10.8 Å². The van der Waals surface area contributed by atoms with E-state index in [4.69, 9.17) is 27.7 Å². The number of fused-ring (bicyclic) bond motifs is 1. The van der Waals surface area contributed by atoms with Gasteiger partial charge >= 0.3 is 0 Å². The normalized spacial score (nSPS) is 21.9. The molecule has 0 bridgehead atoms. The third-order valence-corrected chi connectivity index (χ3v) is 4.49. The largest absolute Gasteiger partial charge is 0.389 e. The lowest BCUT2D eigenvalue weighted by molar-refractivity contribution is 0.0925. The van der Waals surface area contributed by atoms with Crippen molar-refractivity contribution in [3.8, 4) is 0 Å². The van der Waals surface area contributed by atoms with Crippen LogP contribution in [0.15, 0.2) is 6.07 Å². The van der Waals surface area contributed by atoms with Crippen LogP contribution in [0.5, 0.6) is 0 Å². The van der Waals surface area contributed by atoms with Gasteiger partial charge in [-0.25, -0.2) is 4.98 Å². The van der Waals surface area contributed by atoms with Gasteiger partial charge in [-0.3, -0.25) is 0 Å². The predicted octanol–water partition coefficient (Wildman–Crippen LogP) is 1.82. The first-order chi connectivity index (χ1) is 9.70. The average molecular weight is 291 g/mol. The molecule has 1 aliphatic carbocycles. The second-order valence-electron chi connectivity index (χ2n) is 5.51. The summed E-state index contributed by atoms with van der Waals surface area (Å²) >= 11 is 5.24. The van der Waals surface area contributed by atoms with Crippen LogP contribution >= 0.6 is 12.2 Å². The maximum Gasteiger partial charge on any atom is 0.139 e. The zero-order valence-corrected chi connectivity index (χ0v) is 12.7. The van der Waals surface area contributed by atoms with Crippen molar-refractivity contribution in [1.82, 2.24) is 4.98 Å². The van der Waals surface area contributed by atoms with Crippen molar-refractivity contribution < 1.29 is 4.74 Å². The van der Waals surface area contributed by atoms with Crippen LogP contribution < -0.4 is 10.6 Å². The number of aryl methyl sites for hydroxylation is 2. The molecule has 1 atom stereocenters. The van der Waals surface area contributed by atoms with Gasteiger partial charge in [-0.1, -0.05) is 19.1 Å². The Bertz CT molecular complexity index is 532. The topological polar surface area (TPSA) is 51.4 Å². The summed E-state index contributed by atoms with van der Waals surface area (Å²) < 4.78 is 5.58. The molecule has 1 saturated heterocycles. The number of pyridine rings is 1. The Balaban J connectivity index is 2.04. The van der Waals surface area contributed by atoms with Crippen LogP contribution in [0.4, 0.5) is 5.82 Å². The second-order valence-corrected chi connectivity index (χ2v) is 5.95. The molecule has 5 heteroatoms. The highest BCUT2D eigenvalue weighted by Crippen LogP contribution is 2.29. The fraction of sp³-hybridized carbons (Fsp3) is 0.600. The molecule has 1 aliphatic heterocycles. The van der Waals surface area contributed by atoms with Crippen molar-refractivity contribution in [2.75, 3.05) is 24.7 Å². The molecular formula is C15H21N3OS. The first-order valence-electron chi connectivity index (χ1n) is 7.37. The molecular weight excluding hydrogens is 270 g/mol. The fourth-order valence-corrected chi connectivity index (χ4v) is 3.28. The molecule has 0 radical (unpaired) electrons. The Morgan fingerprint density at radius 3 is 3.15 bits per heavy atom. The summed E-state index contributed by atoms with van der Waals surface area (Å²) in [6, 6.07) is 2.53. The van der Waals surface area contributed by atoms with Crippen molar-refractivity contribution in [2.45, 2.75) is 38.6 Å². The Morgan fingerprint density at radius 2 is 2.40 bits per heavy atom. The van der Waals surface area contributed by atoms with Gasteiger partial charge in [0.05, 0.1) is 24.8 Å². The molecule has 20 heavy (non-hydrogen) atoms. The SMILES string of the molecule is CCC1COCCN1c1nc2c(cc1C(N)=S)CCC2. The number of aromatic nitrogens is 1. The van der Waals surface area contributed by atoms with Gasteiger partial charge in [0.25, 0.3) is 0 Å². The van der Waals surface area contributed by atoms with Crippen LogP contribution in [0.1, 0.15) is 36.6 Å². The molecule has 1 fully saturated rings. The molecule has 0 spiro atoms. The van der Waals surface area contributed by atoms with Gasteiger partial charge in [0, 0.05) is 12.2 Å². The third-order valence-electron chi connectivity index (χ3n) is 4.27. The van der Waals surface area contributed by atoms with Gasteiger partial charge in [-0.15, -0.1) is 0 Å². The smallest absolute Gasteiger partial charge is 0.139 e. The summed E-state index contributed by atoms with van der Waals surface area (Å²) in [6.45, 7) is 4.54. The van der Waals surface area contributed by atoms with E-state index in [2.05, 4.69) is 17.9 Å². The van der Waals surface area contributed by atoms with Crippen LogP contribution in [-0.2, 0) is 17.6 Å². The lowest BCUT2D eigenvalue weighted by atomic mass is 10.1. The Labute approximate surface area is 125 Å². The van der Waals surface area contributed by atoms with E-state index < -0.39 is 0 Å². The van der Waals surface area contributed by atoms with Crippen molar-refractivity contribution in [2.24, 2.45) is 5.73 Å². The molecule has 0 saturated carbocycles. The van der Waals surface area contributed by atoms with Gasteiger partial charge in [0.2, 0.25) is 0 Å². The zero-order chi connectivity index (χ0) is 14.1. The minimum Gasteiger partial charge on any atom is -0.389 e. The van der Waals surface area contributed by atoms with E-state index >= 15 is 0 Å². The number of hydrogen-bond donors (Lipinski definition) is 1. The van der Waals surface area contributed by atoms with E-state index in [1.807, 2.05) is 0 Å². The standard InChI is InChI=1S/C15H21N3OS/c1-2-11-9-19-7-6-18(11)15-12(14(16)20)8-10-4-3-5-13(10)17-15/h8,11H,2-7,9H2,1H3,(H2,16,20). The number of nitrogens with zero attached hydrogens (tertiary/aromatic N) is 2. The highest BCUT2D eigenvalue weighted by Gasteiger charge is 2.27. The second kappa shape index (κ2) is 5.66.